The summed E-state index contributed by atoms with van der Waals surface area (Å²) in [5, 5.41) is 3.07. The molecule has 1 atom stereocenters. The number of ether oxygens (including phenoxy) is 1. The Labute approximate surface area is 181 Å². The smallest absolute Gasteiger partial charge is 0.240 e. The first-order chi connectivity index (χ1) is 14.7. The van der Waals surface area contributed by atoms with E-state index >= 15 is 0 Å². The number of carbonyl (C=O) groups excluding carboxylic acids is 2. The highest BCUT2D eigenvalue weighted by molar-refractivity contribution is 8.00. The number of thioether (sulfide) groups is 1. The van der Waals surface area contributed by atoms with Crippen molar-refractivity contribution < 1.29 is 14.3 Å². The fraction of sp³-hybridized carbons (Fsp3) is 0.391. The molecule has 2 amide bonds. The van der Waals surface area contributed by atoms with Crippen molar-refractivity contribution >= 4 is 29.3 Å². The average molecular weight is 426 g/mol. The molecule has 0 radical (unpaired) electrons. The van der Waals surface area contributed by atoms with Crippen LogP contribution in [0, 0.1) is 0 Å². The lowest BCUT2D eigenvalue weighted by molar-refractivity contribution is -0.123. The van der Waals surface area contributed by atoms with Gasteiger partial charge in [-0.1, -0.05) is 30.3 Å². The monoisotopic (exact) mass is 425 g/mol. The number of benzene rings is 2. The number of nitrogens with one attached hydrogen (secondary N) is 1. The van der Waals surface area contributed by atoms with Crippen LogP contribution in [-0.2, 0) is 9.59 Å². The molecule has 0 saturated carbocycles. The molecule has 1 fully saturated rings. The van der Waals surface area contributed by atoms with Crippen LogP contribution in [0.15, 0.2) is 53.4 Å². The first-order valence-electron chi connectivity index (χ1n) is 10.3. The van der Waals surface area contributed by atoms with Crippen molar-refractivity contribution in [2.75, 3.05) is 43.9 Å². The quantitative estimate of drug-likeness (QED) is 0.739. The fourth-order valence-electron chi connectivity index (χ4n) is 4.17. The molecule has 2 heterocycles. The van der Waals surface area contributed by atoms with Crippen LogP contribution >= 0.6 is 11.8 Å². The summed E-state index contributed by atoms with van der Waals surface area (Å²) in [6.45, 7) is 2.54. The van der Waals surface area contributed by atoms with Crippen molar-refractivity contribution in [2.45, 2.75) is 23.8 Å². The van der Waals surface area contributed by atoms with Gasteiger partial charge in [-0.2, -0.15) is 0 Å². The van der Waals surface area contributed by atoms with E-state index in [2.05, 4.69) is 16.3 Å². The standard InChI is InChI=1S/C23H27N3O3S/c1-29-20-10-4-2-8-17(20)19(25-12-6-7-13-25)14-24-22(27)15-26-18-9-3-5-11-21(18)30-16-23(26)28/h2-5,8-11,19H,6-7,12-16H2,1H3,(H,24,27). The van der Waals surface area contributed by atoms with Gasteiger partial charge in [0, 0.05) is 17.0 Å². The van der Waals surface area contributed by atoms with Gasteiger partial charge in [0.1, 0.15) is 12.3 Å². The van der Waals surface area contributed by atoms with E-state index < -0.39 is 0 Å². The molecule has 158 valence electrons. The Morgan fingerprint density at radius 2 is 1.87 bits per heavy atom. The first-order valence-corrected chi connectivity index (χ1v) is 11.3. The number of rotatable bonds is 7. The third kappa shape index (κ3) is 4.47. The Morgan fingerprint density at radius 1 is 1.13 bits per heavy atom. The van der Waals surface area contributed by atoms with Crippen molar-refractivity contribution in [1.29, 1.82) is 0 Å². The minimum Gasteiger partial charge on any atom is -0.496 e. The maximum Gasteiger partial charge on any atom is 0.240 e. The summed E-state index contributed by atoms with van der Waals surface area (Å²) in [5.41, 5.74) is 1.90. The number of anilines is 1. The maximum atomic E-state index is 12.8. The van der Waals surface area contributed by atoms with E-state index in [0.29, 0.717) is 12.3 Å². The van der Waals surface area contributed by atoms with Crippen molar-refractivity contribution in [3.8, 4) is 5.75 Å². The van der Waals surface area contributed by atoms with Crippen LogP contribution in [0.5, 0.6) is 5.75 Å². The molecule has 1 saturated heterocycles. The number of amides is 2. The van der Waals surface area contributed by atoms with Crippen LogP contribution in [0.1, 0.15) is 24.4 Å². The Balaban J connectivity index is 1.46. The van der Waals surface area contributed by atoms with Gasteiger partial charge in [0.2, 0.25) is 11.8 Å². The van der Waals surface area contributed by atoms with E-state index in [1.165, 1.54) is 11.8 Å². The number of likely N-dealkylation sites (tertiary alicyclic amines) is 1. The zero-order chi connectivity index (χ0) is 20.9. The molecule has 2 aliphatic rings. The summed E-state index contributed by atoms with van der Waals surface area (Å²) in [4.78, 5) is 30.3. The van der Waals surface area contributed by atoms with Crippen LogP contribution in [-0.4, -0.2) is 55.8 Å². The topological polar surface area (TPSA) is 61.9 Å². The Bertz CT molecular complexity index is 914. The molecule has 6 nitrogen and oxygen atoms in total. The summed E-state index contributed by atoms with van der Waals surface area (Å²) >= 11 is 1.52. The summed E-state index contributed by atoms with van der Waals surface area (Å²) in [5.74, 6) is 1.02. The fourth-order valence-corrected chi connectivity index (χ4v) is 5.10. The van der Waals surface area contributed by atoms with Gasteiger partial charge in [-0.05, 0) is 44.1 Å². The number of hydrogen-bond acceptors (Lipinski definition) is 5. The van der Waals surface area contributed by atoms with E-state index in [9.17, 15) is 9.59 Å². The Kier molecular flexibility index (Phi) is 6.59. The van der Waals surface area contributed by atoms with Gasteiger partial charge in [-0.15, -0.1) is 11.8 Å². The predicted molar refractivity (Wildman–Crippen MR) is 119 cm³/mol. The van der Waals surface area contributed by atoms with E-state index in [0.717, 1.165) is 47.8 Å². The van der Waals surface area contributed by atoms with Gasteiger partial charge in [-0.25, -0.2) is 0 Å². The Hall–Kier alpha value is -2.51. The third-order valence-corrected chi connectivity index (χ3v) is 6.73. The summed E-state index contributed by atoms with van der Waals surface area (Å²) < 4.78 is 5.57. The molecule has 1 N–H and O–H groups in total. The van der Waals surface area contributed by atoms with Gasteiger partial charge in [0.25, 0.3) is 0 Å². The van der Waals surface area contributed by atoms with E-state index in [-0.39, 0.29) is 24.4 Å². The lowest BCUT2D eigenvalue weighted by atomic mass is 10.0. The highest BCUT2D eigenvalue weighted by Crippen LogP contribution is 2.35. The molecule has 2 aliphatic heterocycles. The van der Waals surface area contributed by atoms with Gasteiger partial charge in [0.05, 0.1) is 24.6 Å². The normalized spacial score (nSPS) is 17.5. The van der Waals surface area contributed by atoms with Crippen LogP contribution in [0.25, 0.3) is 0 Å². The molecule has 1 unspecified atom stereocenters. The van der Waals surface area contributed by atoms with E-state index in [1.54, 1.807) is 12.0 Å². The van der Waals surface area contributed by atoms with Crippen LogP contribution < -0.4 is 15.0 Å². The summed E-state index contributed by atoms with van der Waals surface area (Å²) in [6, 6.07) is 15.8. The van der Waals surface area contributed by atoms with Crippen LogP contribution in [0.3, 0.4) is 0 Å². The second-order valence-electron chi connectivity index (χ2n) is 7.54. The van der Waals surface area contributed by atoms with Gasteiger partial charge < -0.3 is 15.0 Å². The summed E-state index contributed by atoms with van der Waals surface area (Å²) in [6.07, 6.45) is 2.33. The Morgan fingerprint density at radius 3 is 2.67 bits per heavy atom. The van der Waals surface area contributed by atoms with Crippen molar-refractivity contribution in [2.24, 2.45) is 0 Å². The largest absolute Gasteiger partial charge is 0.496 e. The molecule has 4 rings (SSSR count). The van der Waals surface area contributed by atoms with Crippen molar-refractivity contribution in [3.63, 3.8) is 0 Å². The molecule has 2 aromatic rings. The molecule has 0 spiro atoms. The minimum absolute atomic E-state index is 0.0327. The minimum atomic E-state index is -0.149. The van der Waals surface area contributed by atoms with Gasteiger partial charge >= 0.3 is 0 Å². The highest BCUT2D eigenvalue weighted by Gasteiger charge is 2.29. The summed E-state index contributed by atoms with van der Waals surface area (Å²) in [7, 11) is 1.68. The number of para-hydroxylation sites is 2. The van der Waals surface area contributed by atoms with Crippen molar-refractivity contribution in [3.05, 3.63) is 54.1 Å². The number of methoxy groups -OCH3 is 1. The molecule has 0 aromatic heterocycles. The second kappa shape index (κ2) is 9.53. The molecule has 7 heteroatoms. The van der Waals surface area contributed by atoms with E-state index in [4.69, 9.17) is 4.74 Å². The SMILES string of the molecule is COc1ccccc1C(CNC(=O)CN1C(=O)CSc2ccccc21)N1CCCC1. The predicted octanol–water partition coefficient (Wildman–Crippen LogP) is 3.09. The first kappa shape index (κ1) is 20.8. The lowest BCUT2D eigenvalue weighted by Crippen LogP contribution is -2.45. The maximum absolute atomic E-state index is 12.8. The molecule has 2 aromatic carbocycles. The highest BCUT2D eigenvalue weighted by atomic mass is 32.2. The number of carbonyl (C=O) groups is 2. The zero-order valence-corrected chi connectivity index (χ0v) is 18.0. The number of nitrogens with zero attached hydrogens (tertiary/aromatic N) is 2. The molecule has 0 aliphatic carbocycles. The van der Waals surface area contributed by atoms with E-state index in [1.807, 2.05) is 42.5 Å². The average Bonchev–Trinajstić information content (AvgIpc) is 3.31. The molecule has 0 bridgehead atoms. The van der Waals surface area contributed by atoms with Crippen LogP contribution in [0.2, 0.25) is 0 Å². The molecular formula is C23H27N3O3S. The number of hydrogen-bond donors (Lipinski definition) is 1. The molecular weight excluding hydrogens is 398 g/mol. The molecule has 30 heavy (non-hydrogen) atoms. The van der Waals surface area contributed by atoms with Crippen molar-refractivity contribution in [1.82, 2.24) is 10.2 Å². The van der Waals surface area contributed by atoms with Crippen LogP contribution in [0.4, 0.5) is 5.69 Å². The third-order valence-electron chi connectivity index (χ3n) is 5.68. The second-order valence-corrected chi connectivity index (χ2v) is 8.56. The van der Waals surface area contributed by atoms with Gasteiger partial charge in [0.15, 0.2) is 0 Å². The number of fused-ring (bicyclic) bond motifs is 1. The lowest BCUT2D eigenvalue weighted by Gasteiger charge is -2.31. The van der Waals surface area contributed by atoms with Gasteiger partial charge in [-0.3, -0.25) is 14.5 Å². The zero-order valence-electron chi connectivity index (χ0n) is 17.2.